The van der Waals surface area contributed by atoms with E-state index in [1.807, 2.05) is 13.8 Å². The molecule has 0 aliphatic heterocycles. The van der Waals surface area contributed by atoms with Crippen molar-refractivity contribution in [3.63, 3.8) is 0 Å². The van der Waals surface area contributed by atoms with E-state index in [0.717, 1.165) is 0 Å². The van der Waals surface area contributed by atoms with Crippen LogP contribution in [0.3, 0.4) is 0 Å². The molecule has 0 amide bonds. The number of carbonyl (C=O) groups excluding carboxylic acids is 1. The molecule has 1 rings (SSSR count). The molecule has 0 bridgehead atoms. The van der Waals surface area contributed by atoms with E-state index in [2.05, 4.69) is 20.7 Å². The van der Waals surface area contributed by atoms with Gasteiger partial charge in [-0.15, -0.1) is 0 Å². The number of alkyl halides is 1. The first-order valence-electron chi connectivity index (χ1n) is 4.55. The Bertz CT molecular complexity index is 309. The molecule has 1 aliphatic carbocycles. The number of carboxylic acid groups (broad SMARTS) is 1. The largest absolute Gasteiger partial charge is 0.481 e. The summed E-state index contributed by atoms with van der Waals surface area (Å²) in [6.45, 7) is 3.74. The number of aliphatic carboxylic acids is 1. The molecule has 4 nitrogen and oxygen atoms in total. The van der Waals surface area contributed by atoms with Gasteiger partial charge in [0.05, 0.1) is 5.92 Å². The summed E-state index contributed by atoms with van der Waals surface area (Å²) in [7, 11) is 0. The van der Waals surface area contributed by atoms with E-state index >= 15 is 0 Å². The van der Waals surface area contributed by atoms with Crippen LogP contribution in [0.2, 0.25) is 0 Å². The number of esters is 1. The SMILES string of the molecule is CC1(C)C(/C=C/C(=O)OCBr)C1C(=O)O. The van der Waals surface area contributed by atoms with Crippen LogP contribution in [0, 0.1) is 17.3 Å². The summed E-state index contributed by atoms with van der Waals surface area (Å²) < 4.78 is 4.63. The third kappa shape index (κ3) is 2.59. The Balaban J connectivity index is 2.55. The number of carboxylic acids is 1. The molecular formula is C10H13BrO4. The zero-order valence-electron chi connectivity index (χ0n) is 8.57. The highest BCUT2D eigenvalue weighted by molar-refractivity contribution is 9.09. The Kier molecular flexibility index (Phi) is 3.54. The van der Waals surface area contributed by atoms with Crippen LogP contribution in [0.4, 0.5) is 0 Å². The van der Waals surface area contributed by atoms with Crippen LogP contribution >= 0.6 is 15.9 Å². The van der Waals surface area contributed by atoms with E-state index in [1.54, 1.807) is 6.08 Å². The minimum Gasteiger partial charge on any atom is -0.481 e. The van der Waals surface area contributed by atoms with Gasteiger partial charge in [0.25, 0.3) is 0 Å². The van der Waals surface area contributed by atoms with Gasteiger partial charge in [-0.1, -0.05) is 19.9 Å². The standard InChI is InChI=1S/C10H13BrO4/c1-10(2)6(8(10)9(13)14)3-4-7(12)15-5-11/h3-4,6,8H,5H2,1-2H3,(H,13,14)/b4-3+. The molecule has 1 saturated carbocycles. The van der Waals surface area contributed by atoms with Crippen LogP contribution in [0.1, 0.15) is 13.8 Å². The molecule has 0 saturated heterocycles. The third-order valence-corrected chi connectivity index (χ3v) is 3.04. The molecule has 0 aromatic carbocycles. The maximum absolute atomic E-state index is 11.0. The normalized spacial score (nSPS) is 27.7. The highest BCUT2D eigenvalue weighted by Crippen LogP contribution is 2.58. The fourth-order valence-corrected chi connectivity index (χ4v) is 2.02. The Morgan fingerprint density at radius 3 is 2.53 bits per heavy atom. The lowest BCUT2D eigenvalue weighted by Gasteiger charge is -1.96. The summed E-state index contributed by atoms with van der Waals surface area (Å²) in [5.41, 5.74) is -0.121. The second-order valence-electron chi connectivity index (χ2n) is 4.09. The molecule has 15 heavy (non-hydrogen) atoms. The van der Waals surface area contributed by atoms with E-state index in [-0.39, 0.29) is 16.8 Å². The lowest BCUT2D eigenvalue weighted by molar-refractivity contribution is -0.139. The molecule has 84 valence electrons. The monoisotopic (exact) mass is 276 g/mol. The van der Waals surface area contributed by atoms with Crippen molar-refractivity contribution in [1.82, 2.24) is 0 Å². The van der Waals surface area contributed by atoms with Crippen LogP contribution in [0.15, 0.2) is 12.2 Å². The van der Waals surface area contributed by atoms with Crippen molar-refractivity contribution in [1.29, 1.82) is 0 Å². The Morgan fingerprint density at radius 2 is 2.13 bits per heavy atom. The van der Waals surface area contributed by atoms with Gasteiger partial charge >= 0.3 is 11.9 Å². The van der Waals surface area contributed by atoms with Gasteiger partial charge in [-0.3, -0.25) is 4.79 Å². The number of hydrogen-bond acceptors (Lipinski definition) is 3. The van der Waals surface area contributed by atoms with E-state index in [4.69, 9.17) is 5.11 Å². The van der Waals surface area contributed by atoms with Crippen LogP contribution in [-0.2, 0) is 14.3 Å². The highest BCUT2D eigenvalue weighted by atomic mass is 79.9. The van der Waals surface area contributed by atoms with Gasteiger partial charge in [-0.2, -0.15) is 0 Å². The lowest BCUT2D eigenvalue weighted by atomic mass is 10.1. The predicted molar refractivity (Wildman–Crippen MR) is 57.4 cm³/mol. The summed E-state index contributed by atoms with van der Waals surface area (Å²) in [5, 5.41) is 8.87. The number of hydrogen-bond donors (Lipinski definition) is 1. The molecule has 0 radical (unpaired) electrons. The first kappa shape index (κ1) is 12.2. The summed E-state index contributed by atoms with van der Waals surface area (Å²) in [6, 6.07) is 0. The van der Waals surface area contributed by atoms with E-state index in [0.29, 0.717) is 0 Å². The van der Waals surface area contributed by atoms with Gasteiger partial charge in [0.2, 0.25) is 0 Å². The molecule has 0 spiro atoms. The van der Waals surface area contributed by atoms with E-state index in [1.165, 1.54) is 6.08 Å². The summed E-state index contributed by atoms with van der Waals surface area (Å²) in [4.78, 5) is 21.8. The molecule has 1 aliphatic rings. The Morgan fingerprint density at radius 1 is 1.53 bits per heavy atom. The molecular weight excluding hydrogens is 264 g/mol. The maximum atomic E-state index is 11.0. The second kappa shape index (κ2) is 4.35. The van der Waals surface area contributed by atoms with Crippen molar-refractivity contribution < 1.29 is 19.4 Å². The summed E-state index contributed by atoms with van der Waals surface area (Å²) in [5.74, 6) is -1.76. The second-order valence-corrected chi connectivity index (χ2v) is 4.55. The number of rotatable bonds is 4. The van der Waals surface area contributed by atoms with Crippen molar-refractivity contribution in [2.45, 2.75) is 13.8 Å². The minimum absolute atomic E-state index is 0.0853. The molecule has 0 aromatic rings. The van der Waals surface area contributed by atoms with Gasteiger partial charge in [0.1, 0.15) is 5.52 Å². The first-order chi connectivity index (χ1) is 6.91. The van der Waals surface area contributed by atoms with Gasteiger partial charge in [-0.05, 0) is 27.3 Å². The number of carbonyl (C=O) groups is 2. The van der Waals surface area contributed by atoms with Gasteiger partial charge in [0.15, 0.2) is 0 Å². The van der Waals surface area contributed by atoms with Crippen molar-refractivity contribution >= 4 is 27.9 Å². The van der Waals surface area contributed by atoms with Crippen LogP contribution in [0.5, 0.6) is 0 Å². The van der Waals surface area contributed by atoms with Crippen LogP contribution in [0.25, 0.3) is 0 Å². The zero-order valence-corrected chi connectivity index (χ0v) is 10.2. The minimum atomic E-state index is -0.816. The van der Waals surface area contributed by atoms with Gasteiger partial charge in [0, 0.05) is 6.08 Å². The first-order valence-corrected chi connectivity index (χ1v) is 5.67. The fourth-order valence-electron chi connectivity index (χ4n) is 1.79. The lowest BCUT2D eigenvalue weighted by Crippen LogP contribution is -2.03. The number of allylic oxidation sites excluding steroid dienone is 1. The predicted octanol–water partition coefficient (Wildman–Crippen LogP) is 1.80. The number of ether oxygens (including phenoxy) is 1. The molecule has 0 aromatic heterocycles. The van der Waals surface area contributed by atoms with Crippen molar-refractivity contribution in [2.24, 2.45) is 17.3 Å². The van der Waals surface area contributed by atoms with Gasteiger partial charge in [-0.25, -0.2) is 4.79 Å². The van der Waals surface area contributed by atoms with Crippen LogP contribution < -0.4 is 0 Å². The number of halogens is 1. The summed E-state index contributed by atoms with van der Waals surface area (Å²) in [6.07, 6.45) is 2.90. The fraction of sp³-hybridized carbons (Fsp3) is 0.600. The van der Waals surface area contributed by atoms with Crippen LogP contribution in [-0.4, -0.2) is 22.6 Å². The zero-order chi connectivity index (χ0) is 11.6. The highest BCUT2D eigenvalue weighted by Gasteiger charge is 2.60. The molecule has 2 unspecified atom stereocenters. The topological polar surface area (TPSA) is 63.6 Å². The van der Waals surface area contributed by atoms with Gasteiger partial charge < -0.3 is 9.84 Å². The van der Waals surface area contributed by atoms with Crippen molar-refractivity contribution in [2.75, 3.05) is 5.52 Å². The molecule has 1 fully saturated rings. The molecule has 2 atom stereocenters. The third-order valence-electron chi connectivity index (χ3n) is 2.81. The quantitative estimate of drug-likeness (QED) is 0.483. The smallest absolute Gasteiger partial charge is 0.331 e. The summed E-state index contributed by atoms with van der Waals surface area (Å²) >= 11 is 2.96. The van der Waals surface area contributed by atoms with E-state index < -0.39 is 17.9 Å². The Labute approximate surface area is 96.4 Å². The van der Waals surface area contributed by atoms with Crippen molar-refractivity contribution in [3.05, 3.63) is 12.2 Å². The molecule has 0 heterocycles. The Hall–Kier alpha value is -0.840. The van der Waals surface area contributed by atoms with E-state index in [9.17, 15) is 9.59 Å². The van der Waals surface area contributed by atoms with Crippen molar-refractivity contribution in [3.8, 4) is 0 Å². The molecule has 5 heteroatoms. The maximum Gasteiger partial charge on any atom is 0.331 e. The average Bonchev–Trinajstić information content (AvgIpc) is 2.65. The average molecular weight is 277 g/mol. The molecule has 1 N–H and O–H groups in total.